The van der Waals surface area contributed by atoms with E-state index in [9.17, 15) is 0 Å². The Balaban J connectivity index is 1.28. The van der Waals surface area contributed by atoms with E-state index in [0.29, 0.717) is 0 Å². The first-order valence-corrected chi connectivity index (χ1v) is 20.1. The highest BCUT2D eigenvalue weighted by atomic mass is 16.3. The molecule has 12 rings (SSSR count). The van der Waals surface area contributed by atoms with Gasteiger partial charge in [-0.1, -0.05) is 139 Å². The van der Waals surface area contributed by atoms with Gasteiger partial charge in [0, 0.05) is 49.9 Å². The van der Waals surface area contributed by atoms with E-state index in [-0.39, 0.29) is 23.1 Å². The van der Waals surface area contributed by atoms with Crippen LogP contribution in [-0.4, -0.2) is 6.85 Å². The predicted molar refractivity (Wildman–Crippen MR) is 236 cm³/mol. The SMILES string of the molecule is CC(C)(C)c1ccc(N2B3c4cccc5c4N(c4ccccc4C5(C)C)c4cc5c(c(c43)-c3cc4oc6ccccc6c4cc32)C(C)(C)c2ccccc2-5)cc1. The molecule has 0 N–H and O–H groups in total. The zero-order valence-corrected chi connectivity index (χ0v) is 33.1. The maximum Gasteiger partial charge on any atom is 0.333 e. The Labute approximate surface area is 329 Å². The minimum absolute atomic E-state index is 0.0456. The first-order chi connectivity index (χ1) is 26.9. The Morgan fingerprint density at radius 2 is 1.27 bits per heavy atom. The summed E-state index contributed by atoms with van der Waals surface area (Å²) in [5.41, 5.74) is 22.6. The number of rotatable bonds is 1. The van der Waals surface area contributed by atoms with Crippen molar-refractivity contribution >= 4 is 68.1 Å². The minimum Gasteiger partial charge on any atom is -0.456 e. The molecule has 4 heterocycles. The molecule has 7 aromatic carbocycles. The molecule has 4 aliphatic rings. The van der Waals surface area contributed by atoms with Crippen molar-refractivity contribution in [1.82, 2.24) is 0 Å². The number of furan rings is 1. The van der Waals surface area contributed by atoms with Crippen LogP contribution in [0.25, 0.3) is 44.2 Å². The molecule has 0 saturated heterocycles. The van der Waals surface area contributed by atoms with Gasteiger partial charge in [0.25, 0.3) is 0 Å². The molecule has 0 unspecified atom stereocenters. The number of hydrogen-bond donors (Lipinski definition) is 0. The van der Waals surface area contributed by atoms with E-state index in [1.807, 2.05) is 0 Å². The van der Waals surface area contributed by atoms with E-state index in [4.69, 9.17) is 4.42 Å². The summed E-state index contributed by atoms with van der Waals surface area (Å²) in [5.74, 6) is 0. The van der Waals surface area contributed by atoms with E-state index in [1.54, 1.807) is 0 Å². The summed E-state index contributed by atoms with van der Waals surface area (Å²) in [4.78, 5) is 5.29. The predicted octanol–water partition coefficient (Wildman–Crippen LogP) is 12.5. The quantitative estimate of drug-likeness (QED) is 0.157. The van der Waals surface area contributed by atoms with Crippen LogP contribution in [0.3, 0.4) is 0 Å². The molecule has 270 valence electrons. The zero-order valence-electron chi connectivity index (χ0n) is 33.1. The maximum atomic E-state index is 6.72. The monoisotopic (exact) mass is 722 g/mol. The van der Waals surface area contributed by atoms with E-state index >= 15 is 0 Å². The first-order valence-electron chi connectivity index (χ1n) is 20.1. The molecule has 0 saturated carbocycles. The highest BCUT2D eigenvalue weighted by Crippen LogP contribution is 2.60. The highest BCUT2D eigenvalue weighted by Gasteiger charge is 2.52. The van der Waals surface area contributed by atoms with Crippen molar-refractivity contribution in [3.05, 3.63) is 161 Å². The number of hydrogen-bond acceptors (Lipinski definition) is 3. The van der Waals surface area contributed by atoms with Gasteiger partial charge in [-0.05, 0) is 103 Å². The van der Waals surface area contributed by atoms with Crippen LogP contribution in [0.1, 0.15) is 76.3 Å². The van der Waals surface area contributed by atoms with Gasteiger partial charge >= 0.3 is 6.85 Å². The first kappa shape index (κ1) is 32.3. The van der Waals surface area contributed by atoms with Gasteiger partial charge in [0.15, 0.2) is 0 Å². The lowest BCUT2D eigenvalue weighted by atomic mass is 9.42. The number of fused-ring (bicyclic) bond motifs is 13. The van der Waals surface area contributed by atoms with E-state index in [2.05, 4.69) is 192 Å². The average molecular weight is 723 g/mol. The van der Waals surface area contributed by atoms with E-state index in [0.717, 1.165) is 21.9 Å². The van der Waals surface area contributed by atoms with Crippen molar-refractivity contribution in [2.24, 2.45) is 0 Å². The topological polar surface area (TPSA) is 19.6 Å². The number of anilines is 5. The van der Waals surface area contributed by atoms with Gasteiger partial charge in [0.1, 0.15) is 11.2 Å². The minimum atomic E-state index is -0.221. The van der Waals surface area contributed by atoms with Gasteiger partial charge in [-0.3, -0.25) is 0 Å². The van der Waals surface area contributed by atoms with Gasteiger partial charge in [0.05, 0.1) is 5.69 Å². The van der Waals surface area contributed by atoms with Gasteiger partial charge < -0.3 is 14.1 Å². The Kier molecular flexibility index (Phi) is 6.02. The summed E-state index contributed by atoms with van der Waals surface area (Å²) in [7, 11) is 0. The third-order valence-electron chi connectivity index (χ3n) is 13.7. The number of para-hydroxylation sites is 3. The fourth-order valence-electron chi connectivity index (χ4n) is 11.1. The molecule has 0 bridgehead atoms. The normalized spacial score (nSPS) is 16.3. The zero-order chi connectivity index (χ0) is 38.0. The second-order valence-corrected chi connectivity index (χ2v) is 18.5. The van der Waals surface area contributed by atoms with Crippen LogP contribution in [-0.2, 0) is 16.2 Å². The molecule has 4 heteroatoms. The molecule has 56 heavy (non-hydrogen) atoms. The molecule has 0 spiro atoms. The Hall–Kier alpha value is -6.00. The van der Waals surface area contributed by atoms with Crippen molar-refractivity contribution in [2.45, 2.75) is 64.7 Å². The maximum absolute atomic E-state index is 6.72. The summed E-state index contributed by atoms with van der Waals surface area (Å²) >= 11 is 0. The van der Waals surface area contributed by atoms with Crippen LogP contribution >= 0.6 is 0 Å². The number of benzene rings is 7. The van der Waals surface area contributed by atoms with Crippen molar-refractivity contribution in [1.29, 1.82) is 0 Å². The Morgan fingerprint density at radius 1 is 0.554 bits per heavy atom. The standard InChI is InChI=1S/C52H43BN2O/c1-50(2,3)30-23-25-31(26-24-30)55-42-27-34-33-16-9-13-22-44(33)56-45(34)29-36(42)46-47-35(32-15-8-10-17-37(32)52(47,6)7)28-43-48(46)53(55)40-20-14-19-39-49(40)54(43)41-21-12-11-18-38(41)51(39,4)5/h8-29H,1-7H3. The average Bonchev–Trinajstić information content (AvgIpc) is 3.67. The third-order valence-corrected chi connectivity index (χ3v) is 13.7. The van der Waals surface area contributed by atoms with Crippen LogP contribution in [0.15, 0.2) is 138 Å². The molecule has 0 atom stereocenters. The molecule has 3 aliphatic heterocycles. The Morgan fingerprint density at radius 3 is 2.07 bits per heavy atom. The van der Waals surface area contributed by atoms with Gasteiger partial charge in [-0.2, -0.15) is 0 Å². The van der Waals surface area contributed by atoms with Gasteiger partial charge in [-0.25, -0.2) is 0 Å². The lowest BCUT2D eigenvalue weighted by molar-refractivity contribution is 0.590. The van der Waals surface area contributed by atoms with E-state index in [1.165, 1.54) is 89.4 Å². The summed E-state index contributed by atoms with van der Waals surface area (Å²) in [6.45, 7) is 16.5. The van der Waals surface area contributed by atoms with Gasteiger partial charge in [0.2, 0.25) is 0 Å². The summed E-state index contributed by atoms with van der Waals surface area (Å²) < 4.78 is 6.72. The molecular weight excluding hydrogens is 679 g/mol. The molecule has 0 fully saturated rings. The second-order valence-electron chi connectivity index (χ2n) is 18.5. The van der Waals surface area contributed by atoms with Crippen LogP contribution in [0.4, 0.5) is 28.4 Å². The summed E-state index contributed by atoms with van der Waals surface area (Å²) in [5, 5.41) is 2.30. The van der Waals surface area contributed by atoms with Crippen molar-refractivity contribution in [2.75, 3.05) is 9.71 Å². The van der Waals surface area contributed by atoms with Crippen molar-refractivity contribution in [3.8, 4) is 22.3 Å². The summed E-state index contributed by atoms with van der Waals surface area (Å²) in [6.07, 6.45) is 0. The van der Waals surface area contributed by atoms with Crippen LogP contribution < -0.4 is 20.6 Å². The fraction of sp³-hybridized carbons (Fsp3) is 0.192. The van der Waals surface area contributed by atoms with E-state index < -0.39 is 0 Å². The lowest BCUT2D eigenvalue weighted by Crippen LogP contribution is -2.63. The largest absolute Gasteiger partial charge is 0.456 e. The van der Waals surface area contributed by atoms with Crippen LogP contribution in [0.5, 0.6) is 0 Å². The third kappa shape index (κ3) is 3.90. The molecule has 0 amide bonds. The van der Waals surface area contributed by atoms with Crippen molar-refractivity contribution < 1.29 is 4.42 Å². The molecule has 8 aromatic rings. The molecule has 3 nitrogen and oxygen atoms in total. The summed E-state index contributed by atoms with van der Waals surface area (Å²) in [6, 6.07) is 50.6. The van der Waals surface area contributed by atoms with Crippen LogP contribution in [0, 0.1) is 0 Å². The van der Waals surface area contributed by atoms with Crippen LogP contribution in [0.2, 0.25) is 0 Å². The highest BCUT2D eigenvalue weighted by molar-refractivity contribution is 6.93. The Bertz CT molecular complexity index is 3030. The lowest BCUT2D eigenvalue weighted by Gasteiger charge is -2.51. The number of nitrogens with zero attached hydrogens (tertiary/aromatic N) is 2. The smallest absolute Gasteiger partial charge is 0.333 e. The molecular formula is C52H43BN2O. The molecule has 1 aromatic heterocycles. The molecule has 0 radical (unpaired) electrons. The fourth-order valence-corrected chi connectivity index (χ4v) is 11.1. The molecule has 1 aliphatic carbocycles. The van der Waals surface area contributed by atoms with Gasteiger partial charge in [-0.15, -0.1) is 0 Å². The second kappa shape index (κ2) is 10.4. The van der Waals surface area contributed by atoms with Crippen molar-refractivity contribution in [3.63, 3.8) is 0 Å².